The SMILES string of the molecule is O=C(Oc1ccc(Br)cc1/C=C1\SC(=O)N(Cc2ccc([N+](=O)[O-])cc2)C1=O)c1cccc2ccccc12. The number of hydrogen-bond donors (Lipinski definition) is 0. The van der Waals surface area contributed by atoms with Gasteiger partial charge in [0, 0.05) is 22.2 Å². The maximum Gasteiger partial charge on any atom is 0.344 e. The van der Waals surface area contributed by atoms with E-state index in [1.54, 1.807) is 30.3 Å². The maximum atomic E-state index is 13.1. The Morgan fingerprint density at radius 2 is 1.74 bits per heavy atom. The zero-order valence-electron chi connectivity index (χ0n) is 19.5. The fourth-order valence-corrected chi connectivity index (χ4v) is 5.17. The molecule has 0 bridgehead atoms. The highest BCUT2D eigenvalue weighted by atomic mass is 79.9. The van der Waals surface area contributed by atoms with Crippen molar-refractivity contribution >= 4 is 67.3 Å². The van der Waals surface area contributed by atoms with Gasteiger partial charge >= 0.3 is 5.97 Å². The number of thioether (sulfide) groups is 1. The number of nitrogens with zero attached hydrogens (tertiary/aromatic N) is 2. The van der Waals surface area contributed by atoms with Crippen molar-refractivity contribution in [2.24, 2.45) is 0 Å². The summed E-state index contributed by atoms with van der Waals surface area (Å²) >= 11 is 4.17. The van der Waals surface area contributed by atoms with Gasteiger partial charge in [0.15, 0.2) is 0 Å². The summed E-state index contributed by atoms with van der Waals surface area (Å²) in [4.78, 5) is 50.4. The fraction of sp³-hybridized carbons (Fsp3) is 0.0357. The lowest BCUT2D eigenvalue weighted by Gasteiger charge is -2.12. The van der Waals surface area contributed by atoms with Crippen LogP contribution in [0, 0.1) is 10.1 Å². The van der Waals surface area contributed by atoms with Gasteiger partial charge < -0.3 is 4.74 Å². The van der Waals surface area contributed by atoms with E-state index in [0.717, 1.165) is 27.4 Å². The molecule has 1 aliphatic rings. The molecule has 0 spiro atoms. The minimum atomic E-state index is -0.551. The Hall–Kier alpha value is -4.28. The first-order valence-corrected chi connectivity index (χ1v) is 12.9. The smallest absolute Gasteiger partial charge is 0.344 e. The normalized spacial score (nSPS) is 14.3. The molecule has 1 fully saturated rings. The number of halogens is 1. The molecule has 0 aromatic heterocycles. The van der Waals surface area contributed by atoms with Gasteiger partial charge in [0.2, 0.25) is 0 Å². The topological polar surface area (TPSA) is 107 Å². The van der Waals surface area contributed by atoms with E-state index in [2.05, 4.69) is 15.9 Å². The van der Waals surface area contributed by atoms with Crippen molar-refractivity contribution in [2.45, 2.75) is 6.54 Å². The molecule has 38 heavy (non-hydrogen) atoms. The molecule has 8 nitrogen and oxygen atoms in total. The number of nitro benzene ring substituents is 1. The molecule has 0 unspecified atom stereocenters. The Labute approximate surface area is 229 Å². The highest BCUT2D eigenvalue weighted by Gasteiger charge is 2.35. The Bertz CT molecular complexity index is 1650. The Balaban J connectivity index is 1.40. The minimum Gasteiger partial charge on any atom is -0.422 e. The molecule has 1 aliphatic heterocycles. The van der Waals surface area contributed by atoms with Gasteiger partial charge in [-0.2, -0.15) is 0 Å². The highest BCUT2D eigenvalue weighted by molar-refractivity contribution is 9.10. The molecular formula is C28H17BrN2O6S. The lowest BCUT2D eigenvalue weighted by Crippen LogP contribution is -2.27. The van der Waals surface area contributed by atoms with Gasteiger partial charge in [-0.1, -0.05) is 64.5 Å². The number of carbonyl (C=O) groups is 3. The van der Waals surface area contributed by atoms with E-state index in [-0.39, 0.29) is 22.9 Å². The van der Waals surface area contributed by atoms with Crippen molar-refractivity contribution in [3.05, 3.63) is 121 Å². The molecule has 4 aromatic carbocycles. The van der Waals surface area contributed by atoms with Crippen molar-refractivity contribution < 1.29 is 24.0 Å². The van der Waals surface area contributed by atoms with Crippen molar-refractivity contribution in [1.82, 2.24) is 4.90 Å². The summed E-state index contributed by atoms with van der Waals surface area (Å²) in [6.07, 6.45) is 1.51. The molecule has 4 aromatic rings. The Kier molecular flexibility index (Phi) is 7.08. The summed E-state index contributed by atoms with van der Waals surface area (Å²) in [5.41, 5.74) is 1.34. The highest BCUT2D eigenvalue weighted by Crippen LogP contribution is 2.36. The van der Waals surface area contributed by atoms with E-state index >= 15 is 0 Å². The summed E-state index contributed by atoms with van der Waals surface area (Å²) in [5, 5.41) is 12.1. The molecule has 0 saturated carbocycles. The maximum absolute atomic E-state index is 13.1. The van der Waals surface area contributed by atoms with E-state index in [4.69, 9.17) is 4.74 Å². The molecule has 2 amide bonds. The van der Waals surface area contributed by atoms with Crippen LogP contribution in [0.25, 0.3) is 16.8 Å². The van der Waals surface area contributed by atoms with Crippen LogP contribution in [0.2, 0.25) is 0 Å². The van der Waals surface area contributed by atoms with Crippen molar-refractivity contribution in [3.8, 4) is 5.75 Å². The number of amides is 2. The molecule has 188 valence electrons. The monoisotopic (exact) mass is 588 g/mol. The van der Waals surface area contributed by atoms with E-state index in [9.17, 15) is 24.5 Å². The largest absolute Gasteiger partial charge is 0.422 e. The van der Waals surface area contributed by atoms with E-state index in [1.807, 2.05) is 30.3 Å². The van der Waals surface area contributed by atoms with Gasteiger partial charge in [-0.25, -0.2) is 4.79 Å². The fourth-order valence-electron chi connectivity index (χ4n) is 3.97. The van der Waals surface area contributed by atoms with Crippen LogP contribution in [0.3, 0.4) is 0 Å². The van der Waals surface area contributed by atoms with Gasteiger partial charge in [0.25, 0.3) is 16.8 Å². The van der Waals surface area contributed by atoms with Crippen LogP contribution in [0.4, 0.5) is 10.5 Å². The van der Waals surface area contributed by atoms with E-state index < -0.39 is 22.0 Å². The first kappa shape index (κ1) is 25.4. The van der Waals surface area contributed by atoms with Crippen LogP contribution in [-0.4, -0.2) is 26.9 Å². The van der Waals surface area contributed by atoms with Crippen molar-refractivity contribution in [1.29, 1.82) is 0 Å². The van der Waals surface area contributed by atoms with Gasteiger partial charge in [0.1, 0.15) is 5.75 Å². The predicted octanol–water partition coefficient (Wildman–Crippen LogP) is 6.97. The summed E-state index contributed by atoms with van der Waals surface area (Å²) < 4.78 is 6.43. The third kappa shape index (κ3) is 5.22. The minimum absolute atomic E-state index is 0.0264. The lowest BCUT2D eigenvalue weighted by molar-refractivity contribution is -0.384. The van der Waals surface area contributed by atoms with Gasteiger partial charge in [-0.15, -0.1) is 0 Å². The standard InChI is InChI=1S/C28H17BrN2O6S/c29-20-10-13-24(37-27(33)23-7-3-5-18-4-1-2-6-22(18)23)19(14-20)15-25-26(32)30(28(34)38-25)16-17-8-11-21(12-9-17)31(35)36/h1-15H,16H2/b25-15-. The van der Waals surface area contributed by atoms with Gasteiger partial charge in [0.05, 0.1) is 21.9 Å². The van der Waals surface area contributed by atoms with E-state index in [0.29, 0.717) is 21.2 Å². The first-order chi connectivity index (χ1) is 18.3. The number of non-ortho nitro benzene ring substituents is 1. The molecule has 0 radical (unpaired) electrons. The molecule has 10 heteroatoms. The lowest BCUT2D eigenvalue weighted by atomic mass is 10.0. The number of fused-ring (bicyclic) bond motifs is 1. The molecule has 0 atom stereocenters. The molecule has 1 saturated heterocycles. The Morgan fingerprint density at radius 1 is 1.00 bits per heavy atom. The molecule has 1 heterocycles. The summed E-state index contributed by atoms with van der Waals surface area (Å²) in [5.74, 6) is -0.831. The number of imide groups is 1. The summed E-state index contributed by atoms with van der Waals surface area (Å²) in [6, 6.07) is 23.5. The molecular weight excluding hydrogens is 572 g/mol. The zero-order valence-corrected chi connectivity index (χ0v) is 21.9. The van der Waals surface area contributed by atoms with Crippen LogP contribution in [-0.2, 0) is 11.3 Å². The zero-order chi connectivity index (χ0) is 26.8. The number of esters is 1. The number of ether oxygens (including phenoxy) is 1. The molecule has 0 N–H and O–H groups in total. The number of carbonyl (C=O) groups excluding carboxylic acids is 3. The second kappa shape index (κ2) is 10.6. The van der Waals surface area contributed by atoms with Gasteiger partial charge in [-0.05, 0) is 58.4 Å². The second-order valence-electron chi connectivity index (χ2n) is 8.29. The molecule has 0 aliphatic carbocycles. The average molecular weight is 589 g/mol. The predicted molar refractivity (Wildman–Crippen MR) is 148 cm³/mol. The number of rotatable bonds is 6. The quantitative estimate of drug-likeness (QED) is 0.0786. The second-order valence-corrected chi connectivity index (χ2v) is 10.2. The van der Waals surface area contributed by atoms with Crippen molar-refractivity contribution in [3.63, 3.8) is 0 Å². The summed E-state index contributed by atoms with van der Waals surface area (Å²) in [7, 11) is 0. The Morgan fingerprint density at radius 3 is 2.50 bits per heavy atom. The van der Waals surface area contributed by atoms with Crippen LogP contribution in [0.15, 0.2) is 94.3 Å². The average Bonchev–Trinajstić information content (AvgIpc) is 3.17. The van der Waals surface area contributed by atoms with E-state index in [1.165, 1.54) is 30.3 Å². The number of hydrogen-bond acceptors (Lipinski definition) is 7. The first-order valence-electron chi connectivity index (χ1n) is 11.3. The van der Waals surface area contributed by atoms with Crippen LogP contribution in [0.5, 0.6) is 5.75 Å². The van der Waals surface area contributed by atoms with Crippen LogP contribution >= 0.6 is 27.7 Å². The third-order valence-corrected chi connectivity index (χ3v) is 7.23. The molecule has 5 rings (SSSR count). The number of benzene rings is 4. The summed E-state index contributed by atoms with van der Waals surface area (Å²) in [6.45, 7) is -0.0264. The third-order valence-electron chi connectivity index (χ3n) is 5.83. The van der Waals surface area contributed by atoms with Crippen molar-refractivity contribution in [2.75, 3.05) is 0 Å². The van der Waals surface area contributed by atoms with Crippen LogP contribution < -0.4 is 4.74 Å². The van der Waals surface area contributed by atoms with Gasteiger partial charge in [-0.3, -0.25) is 24.6 Å². The van der Waals surface area contributed by atoms with Crippen LogP contribution in [0.1, 0.15) is 21.5 Å². The number of nitro groups is 1.